The molecule has 1 unspecified atom stereocenters. The summed E-state index contributed by atoms with van der Waals surface area (Å²) < 4.78 is 22.4. The third-order valence-corrected chi connectivity index (χ3v) is 4.68. The first-order chi connectivity index (χ1) is 7.21. The molecule has 0 aliphatic carbocycles. The molecule has 1 amide bonds. The minimum absolute atomic E-state index is 0.0216. The third-order valence-electron chi connectivity index (χ3n) is 2.85. The molecule has 94 valence electrons. The van der Waals surface area contributed by atoms with Gasteiger partial charge in [0.1, 0.15) is 0 Å². The number of hydrogen-bond acceptors (Lipinski definition) is 3. The Labute approximate surface area is 97.7 Å². The fourth-order valence-electron chi connectivity index (χ4n) is 1.75. The topological polar surface area (TPSA) is 63.2 Å². The highest BCUT2D eigenvalue weighted by atomic mass is 32.2. The van der Waals surface area contributed by atoms with Crippen molar-refractivity contribution in [1.82, 2.24) is 5.32 Å². The highest BCUT2D eigenvalue weighted by molar-refractivity contribution is 7.91. The second-order valence-corrected chi connectivity index (χ2v) is 7.79. The molecule has 1 saturated heterocycles. The summed E-state index contributed by atoms with van der Waals surface area (Å²) in [5.41, 5.74) is -0.373. The summed E-state index contributed by atoms with van der Waals surface area (Å²) in [4.78, 5) is 11.5. The van der Waals surface area contributed by atoms with Gasteiger partial charge in [-0.2, -0.15) is 0 Å². The van der Waals surface area contributed by atoms with Crippen LogP contribution in [-0.2, 0) is 14.6 Å². The van der Waals surface area contributed by atoms with E-state index in [4.69, 9.17) is 0 Å². The van der Waals surface area contributed by atoms with Gasteiger partial charge in [-0.05, 0) is 18.8 Å². The van der Waals surface area contributed by atoms with Crippen LogP contribution >= 0.6 is 0 Å². The van der Waals surface area contributed by atoms with Crippen LogP contribution in [0.1, 0.15) is 33.6 Å². The lowest BCUT2D eigenvalue weighted by Gasteiger charge is -2.18. The van der Waals surface area contributed by atoms with E-state index >= 15 is 0 Å². The van der Waals surface area contributed by atoms with Crippen molar-refractivity contribution in [2.24, 2.45) is 11.3 Å². The van der Waals surface area contributed by atoms with E-state index in [2.05, 4.69) is 5.32 Å². The van der Waals surface area contributed by atoms with Crippen LogP contribution in [0.3, 0.4) is 0 Å². The molecule has 1 aliphatic rings. The van der Waals surface area contributed by atoms with Crippen molar-refractivity contribution in [3.8, 4) is 0 Å². The van der Waals surface area contributed by atoms with Gasteiger partial charge in [-0.3, -0.25) is 4.79 Å². The summed E-state index contributed by atoms with van der Waals surface area (Å²) >= 11 is 0. The normalized spacial score (nSPS) is 24.3. The number of rotatable bonds is 3. The van der Waals surface area contributed by atoms with Crippen LogP contribution in [-0.4, -0.2) is 32.4 Å². The Kier molecular flexibility index (Phi) is 3.99. The van der Waals surface area contributed by atoms with Gasteiger partial charge in [0, 0.05) is 12.0 Å². The average molecular weight is 247 g/mol. The zero-order valence-electron chi connectivity index (χ0n) is 10.2. The van der Waals surface area contributed by atoms with Crippen LogP contribution in [0, 0.1) is 11.3 Å². The minimum atomic E-state index is -2.79. The van der Waals surface area contributed by atoms with Gasteiger partial charge in [-0.1, -0.05) is 20.8 Å². The van der Waals surface area contributed by atoms with Crippen molar-refractivity contribution in [3.05, 3.63) is 0 Å². The first kappa shape index (κ1) is 13.5. The maximum atomic E-state index is 11.5. The molecule has 4 nitrogen and oxygen atoms in total. The highest BCUT2D eigenvalue weighted by Crippen LogP contribution is 2.21. The van der Waals surface area contributed by atoms with E-state index in [1.54, 1.807) is 0 Å². The average Bonchev–Trinajstić information content (AvgIpc) is 2.44. The molecule has 0 aromatic heterocycles. The molecule has 5 heteroatoms. The number of sulfone groups is 1. The molecule has 1 heterocycles. The molecule has 0 saturated carbocycles. The van der Waals surface area contributed by atoms with Crippen molar-refractivity contribution in [1.29, 1.82) is 0 Å². The fraction of sp³-hybridized carbons (Fsp3) is 0.909. The van der Waals surface area contributed by atoms with Gasteiger partial charge in [0.15, 0.2) is 9.84 Å². The maximum Gasteiger partial charge on any atom is 0.225 e. The monoisotopic (exact) mass is 247 g/mol. The molecule has 0 radical (unpaired) electrons. The van der Waals surface area contributed by atoms with E-state index in [0.717, 1.165) is 12.8 Å². The lowest BCUT2D eigenvalue weighted by Crippen LogP contribution is -2.35. The predicted molar refractivity (Wildman–Crippen MR) is 63.8 cm³/mol. The minimum Gasteiger partial charge on any atom is -0.356 e. The Morgan fingerprint density at radius 2 is 2.00 bits per heavy atom. The molecule has 1 atom stereocenters. The lowest BCUT2D eigenvalue weighted by molar-refractivity contribution is -0.128. The summed E-state index contributed by atoms with van der Waals surface area (Å²) in [5, 5.41) is 2.84. The first-order valence-corrected chi connectivity index (χ1v) is 7.51. The van der Waals surface area contributed by atoms with E-state index in [0.29, 0.717) is 18.1 Å². The van der Waals surface area contributed by atoms with E-state index in [9.17, 15) is 13.2 Å². The van der Waals surface area contributed by atoms with E-state index in [1.807, 2.05) is 20.8 Å². The number of carbonyl (C=O) groups is 1. The molecule has 1 aliphatic heterocycles. The van der Waals surface area contributed by atoms with Gasteiger partial charge in [0.05, 0.1) is 11.5 Å². The molecular weight excluding hydrogens is 226 g/mol. The Hall–Kier alpha value is -0.580. The zero-order valence-corrected chi connectivity index (χ0v) is 11.1. The maximum absolute atomic E-state index is 11.5. The molecule has 16 heavy (non-hydrogen) atoms. The van der Waals surface area contributed by atoms with Gasteiger partial charge >= 0.3 is 0 Å². The summed E-state index contributed by atoms with van der Waals surface area (Å²) in [7, 11) is -2.79. The molecule has 0 spiro atoms. The summed E-state index contributed by atoms with van der Waals surface area (Å²) in [6, 6.07) is 0. The van der Waals surface area contributed by atoms with Gasteiger partial charge in [0.25, 0.3) is 0 Å². The van der Waals surface area contributed by atoms with Gasteiger partial charge in [-0.25, -0.2) is 8.42 Å². The standard InChI is InChI=1S/C11H21NO3S/c1-11(2,3)10(13)12-6-4-9-5-7-16(14,15)8-9/h9H,4-8H2,1-3H3,(H,12,13). The Morgan fingerprint density at radius 3 is 2.44 bits per heavy atom. The van der Waals surface area contributed by atoms with Crippen LogP contribution in [0.15, 0.2) is 0 Å². The molecule has 0 aromatic carbocycles. The number of carbonyl (C=O) groups excluding carboxylic acids is 1. The SMILES string of the molecule is CC(C)(C)C(=O)NCCC1CCS(=O)(=O)C1. The van der Waals surface area contributed by atoms with Crippen molar-refractivity contribution < 1.29 is 13.2 Å². The Balaban J connectivity index is 2.25. The largest absolute Gasteiger partial charge is 0.356 e. The van der Waals surface area contributed by atoms with Gasteiger partial charge in [0.2, 0.25) is 5.91 Å². The number of nitrogens with one attached hydrogen (secondary N) is 1. The predicted octanol–water partition coefficient (Wildman–Crippen LogP) is 0.974. The summed E-state index contributed by atoms with van der Waals surface area (Å²) in [6.07, 6.45) is 1.51. The molecular formula is C11H21NO3S. The van der Waals surface area contributed by atoms with Crippen LogP contribution in [0.5, 0.6) is 0 Å². The van der Waals surface area contributed by atoms with Crippen LogP contribution in [0.4, 0.5) is 0 Å². The van der Waals surface area contributed by atoms with Gasteiger partial charge < -0.3 is 5.32 Å². The summed E-state index contributed by atoms with van der Waals surface area (Å²) in [6.45, 7) is 6.17. The first-order valence-electron chi connectivity index (χ1n) is 5.69. The van der Waals surface area contributed by atoms with Crippen molar-refractivity contribution >= 4 is 15.7 Å². The van der Waals surface area contributed by atoms with Crippen LogP contribution in [0.2, 0.25) is 0 Å². The van der Waals surface area contributed by atoms with E-state index < -0.39 is 9.84 Å². The van der Waals surface area contributed by atoms with Crippen molar-refractivity contribution in [2.75, 3.05) is 18.1 Å². The third kappa shape index (κ3) is 4.12. The van der Waals surface area contributed by atoms with E-state index in [-0.39, 0.29) is 17.2 Å². The second kappa shape index (κ2) is 4.73. The fourth-order valence-corrected chi connectivity index (χ4v) is 3.67. The van der Waals surface area contributed by atoms with Crippen molar-refractivity contribution in [3.63, 3.8) is 0 Å². The summed E-state index contributed by atoms with van der Waals surface area (Å²) in [5.74, 6) is 0.849. The molecule has 0 bridgehead atoms. The molecule has 1 fully saturated rings. The van der Waals surface area contributed by atoms with Crippen LogP contribution in [0.25, 0.3) is 0 Å². The zero-order chi connectivity index (χ0) is 12.4. The van der Waals surface area contributed by atoms with Crippen LogP contribution < -0.4 is 5.32 Å². The smallest absolute Gasteiger partial charge is 0.225 e. The van der Waals surface area contributed by atoms with E-state index in [1.165, 1.54) is 0 Å². The number of amides is 1. The highest BCUT2D eigenvalue weighted by Gasteiger charge is 2.28. The number of hydrogen-bond donors (Lipinski definition) is 1. The molecule has 0 aromatic rings. The quantitative estimate of drug-likeness (QED) is 0.808. The molecule has 1 N–H and O–H groups in total. The Bertz CT molecular complexity index is 354. The van der Waals surface area contributed by atoms with Crippen molar-refractivity contribution in [2.45, 2.75) is 33.6 Å². The second-order valence-electron chi connectivity index (χ2n) is 5.56. The Morgan fingerprint density at radius 1 is 1.38 bits per heavy atom. The lowest BCUT2D eigenvalue weighted by atomic mass is 9.95. The van der Waals surface area contributed by atoms with Gasteiger partial charge in [-0.15, -0.1) is 0 Å². The molecule has 1 rings (SSSR count).